The highest BCUT2D eigenvalue weighted by atomic mass is 35.5. The minimum absolute atomic E-state index is 0.0605. The molecule has 2 aromatic carbocycles. The van der Waals surface area contributed by atoms with Gasteiger partial charge in [0.15, 0.2) is 0 Å². The molecule has 0 spiro atoms. The molecule has 2 aliphatic rings. The number of nitrogens with one attached hydrogen (secondary N) is 1. The van der Waals surface area contributed by atoms with Crippen molar-refractivity contribution >= 4 is 63.3 Å². The molecule has 312 valence electrons. The van der Waals surface area contributed by atoms with Crippen molar-refractivity contribution in [2.24, 2.45) is 19.8 Å². The van der Waals surface area contributed by atoms with E-state index in [4.69, 9.17) is 43.6 Å². The number of halogens is 2. The molecule has 16 heteroatoms. The minimum Gasteiger partial charge on any atom is -0.444 e. The molecule has 8 rings (SSSR count). The van der Waals surface area contributed by atoms with Gasteiger partial charge in [0.1, 0.15) is 16.6 Å². The molecule has 4 aromatic heterocycles. The number of carbonyl (C=O) groups is 1. The van der Waals surface area contributed by atoms with Crippen LogP contribution >= 0.6 is 23.2 Å². The third kappa shape index (κ3) is 9.45. The fourth-order valence-electron chi connectivity index (χ4n) is 7.75. The van der Waals surface area contributed by atoms with Crippen LogP contribution in [-0.4, -0.2) is 78.2 Å². The van der Waals surface area contributed by atoms with Crippen molar-refractivity contribution in [2.45, 2.75) is 77.2 Å². The van der Waals surface area contributed by atoms with E-state index in [1.54, 1.807) is 35.6 Å². The standard InChI is InChI=1S/C24H30ClN5O3.C19H22ClN5O/c1-24(2,3)33-23(32)26-17-9-7-12-29(15-17)22-27-19-11-13-28(4)21(31)20(19)30(22)14-16-8-5-6-10-18(16)25;1-23-10-8-16-17(18(23)26)25(11-13-5-2-3-7-15(13)20)19(22-16)24-9-4-6-14(21)12-24/h5-6,8,10-11,13,17H,7,9,12,14-15H2,1-4H3,(H,26,32);2-3,5,7-8,10,14H,4,6,9,11-12,21H2,1H3/t17-;14-/m11/s1. The van der Waals surface area contributed by atoms with E-state index in [1.165, 1.54) is 0 Å². The molecule has 2 aliphatic heterocycles. The van der Waals surface area contributed by atoms with E-state index in [1.807, 2.05) is 90.6 Å². The Balaban J connectivity index is 0.000000184. The summed E-state index contributed by atoms with van der Waals surface area (Å²) in [4.78, 5) is 52.1. The third-order valence-corrected chi connectivity index (χ3v) is 11.4. The van der Waals surface area contributed by atoms with Crippen molar-refractivity contribution < 1.29 is 9.53 Å². The predicted molar refractivity (Wildman–Crippen MR) is 235 cm³/mol. The number of benzene rings is 2. The number of pyridine rings is 2. The molecule has 1 amide bonds. The van der Waals surface area contributed by atoms with Crippen molar-refractivity contribution in [1.82, 2.24) is 33.6 Å². The number of rotatable bonds is 7. The maximum Gasteiger partial charge on any atom is 0.407 e. The Morgan fingerprint density at radius 1 is 0.763 bits per heavy atom. The molecule has 59 heavy (non-hydrogen) atoms. The zero-order chi connectivity index (χ0) is 42.0. The minimum atomic E-state index is -0.554. The Kier molecular flexibility index (Phi) is 12.4. The van der Waals surface area contributed by atoms with Crippen LogP contribution in [0.1, 0.15) is 57.6 Å². The van der Waals surface area contributed by atoms with E-state index in [2.05, 4.69) is 15.1 Å². The van der Waals surface area contributed by atoms with E-state index < -0.39 is 11.7 Å². The van der Waals surface area contributed by atoms with Gasteiger partial charge in [-0.1, -0.05) is 59.6 Å². The van der Waals surface area contributed by atoms with Crippen LogP contribution in [0.5, 0.6) is 0 Å². The van der Waals surface area contributed by atoms with Crippen LogP contribution in [0, 0.1) is 0 Å². The molecule has 14 nitrogen and oxygen atoms in total. The van der Waals surface area contributed by atoms with Gasteiger partial charge in [-0.05, 0) is 81.8 Å². The van der Waals surface area contributed by atoms with Crippen molar-refractivity contribution in [3.05, 3.63) is 115 Å². The van der Waals surface area contributed by atoms with Crippen LogP contribution in [0.4, 0.5) is 16.7 Å². The molecule has 0 saturated carbocycles. The Morgan fingerprint density at radius 2 is 1.24 bits per heavy atom. The Bertz CT molecular complexity index is 2590. The number of aromatic nitrogens is 6. The van der Waals surface area contributed by atoms with E-state index in [9.17, 15) is 14.4 Å². The molecule has 6 aromatic rings. The van der Waals surface area contributed by atoms with E-state index in [-0.39, 0.29) is 23.2 Å². The van der Waals surface area contributed by atoms with Crippen molar-refractivity contribution in [2.75, 3.05) is 36.0 Å². The van der Waals surface area contributed by atoms with E-state index in [0.717, 1.165) is 62.4 Å². The third-order valence-electron chi connectivity index (χ3n) is 10.6. The van der Waals surface area contributed by atoms with Crippen LogP contribution in [-0.2, 0) is 31.9 Å². The van der Waals surface area contributed by atoms with Crippen LogP contribution in [0.15, 0.2) is 82.6 Å². The van der Waals surface area contributed by atoms with Crippen LogP contribution in [0.25, 0.3) is 22.1 Å². The summed E-state index contributed by atoms with van der Waals surface area (Å²) in [5.74, 6) is 1.49. The molecular formula is C43H52Cl2N10O4. The largest absolute Gasteiger partial charge is 0.444 e. The lowest BCUT2D eigenvalue weighted by Crippen LogP contribution is -2.49. The molecule has 0 aliphatic carbocycles. The van der Waals surface area contributed by atoms with E-state index >= 15 is 0 Å². The number of hydrogen-bond donors (Lipinski definition) is 2. The number of aryl methyl sites for hydroxylation is 2. The summed E-state index contributed by atoms with van der Waals surface area (Å²) in [6, 6.07) is 19.1. The highest BCUT2D eigenvalue weighted by Gasteiger charge is 2.29. The topological polar surface area (TPSA) is 150 Å². The monoisotopic (exact) mass is 842 g/mol. The number of hydrogen-bond acceptors (Lipinski definition) is 9. The highest BCUT2D eigenvalue weighted by molar-refractivity contribution is 6.31. The first-order valence-corrected chi connectivity index (χ1v) is 20.8. The number of anilines is 2. The second kappa shape index (κ2) is 17.5. The van der Waals surface area contributed by atoms with Gasteiger partial charge in [-0.25, -0.2) is 14.8 Å². The summed E-state index contributed by atoms with van der Waals surface area (Å²) >= 11 is 12.8. The molecule has 3 N–H and O–H groups in total. The first kappa shape index (κ1) is 41.8. The second-order valence-corrected chi connectivity index (χ2v) is 17.2. The average Bonchev–Trinajstić information content (AvgIpc) is 3.75. The zero-order valence-corrected chi connectivity index (χ0v) is 35.7. The van der Waals surface area contributed by atoms with Gasteiger partial charge in [-0.2, -0.15) is 0 Å². The van der Waals surface area contributed by atoms with Gasteiger partial charge < -0.3 is 43.9 Å². The summed E-state index contributed by atoms with van der Waals surface area (Å²) in [6.07, 6.45) is 6.83. The maximum absolute atomic E-state index is 13.0. The summed E-state index contributed by atoms with van der Waals surface area (Å²) in [5.41, 5.74) is 9.80. The predicted octanol–water partition coefficient (Wildman–Crippen LogP) is 6.29. The molecule has 0 radical (unpaired) electrons. The molecule has 0 bridgehead atoms. The lowest BCUT2D eigenvalue weighted by atomic mass is 10.1. The molecule has 2 atom stereocenters. The molecular weight excluding hydrogens is 791 g/mol. The zero-order valence-electron chi connectivity index (χ0n) is 34.2. The molecule has 2 saturated heterocycles. The first-order chi connectivity index (χ1) is 28.2. The van der Waals surface area contributed by atoms with Gasteiger partial charge in [0.2, 0.25) is 11.9 Å². The fraction of sp³-hybridized carbons (Fsp3) is 0.419. The van der Waals surface area contributed by atoms with Crippen LogP contribution < -0.4 is 32.0 Å². The van der Waals surface area contributed by atoms with Gasteiger partial charge >= 0.3 is 6.09 Å². The van der Waals surface area contributed by atoms with Crippen molar-refractivity contribution in [3.8, 4) is 0 Å². The lowest BCUT2D eigenvalue weighted by molar-refractivity contribution is 0.0499. The number of nitrogens with zero attached hydrogens (tertiary/aromatic N) is 8. The SMILES string of the molecule is Cn1ccc2nc(N3CCC[C@@H](N)C3)n(Cc3ccccc3Cl)c2c1=O.Cn1ccc2nc(N3CCC[C@@H](NC(=O)OC(C)(C)C)C3)n(Cc3ccccc3Cl)c2c1=O. The van der Waals surface area contributed by atoms with Crippen molar-refractivity contribution in [1.29, 1.82) is 0 Å². The second-order valence-electron chi connectivity index (χ2n) is 16.4. The van der Waals surface area contributed by atoms with E-state index in [0.29, 0.717) is 57.7 Å². The van der Waals surface area contributed by atoms with Gasteiger partial charge in [-0.3, -0.25) is 9.59 Å². The van der Waals surface area contributed by atoms with Gasteiger partial charge in [0.25, 0.3) is 11.1 Å². The molecule has 0 unspecified atom stereocenters. The molecule has 2 fully saturated rings. The molecule has 6 heterocycles. The number of piperidine rings is 2. The number of carbonyl (C=O) groups excluding carboxylic acids is 1. The normalized spacial score (nSPS) is 17.2. The van der Waals surface area contributed by atoms with Crippen LogP contribution in [0.3, 0.4) is 0 Å². The smallest absolute Gasteiger partial charge is 0.407 e. The van der Waals surface area contributed by atoms with Gasteiger partial charge in [0.05, 0.1) is 24.1 Å². The number of ether oxygens (including phenoxy) is 1. The Hall–Kier alpha value is -5.31. The summed E-state index contributed by atoms with van der Waals surface area (Å²) in [6.45, 7) is 9.43. The lowest BCUT2D eigenvalue weighted by Gasteiger charge is -2.34. The summed E-state index contributed by atoms with van der Waals surface area (Å²) < 4.78 is 12.5. The number of nitrogens with two attached hydrogens (primary N) is 1. The average molecular weight is 844 g/mol. The first-order valence-electron chi connectivity index (χ1n) is 20.0. The van der Waals surface area contributed by atoms with Crippen molar-refractivity contribution in [3.63, 3.8) is 0 Å². The number of alkyl carbamates (subject to hydrolysis) is 1. The maximum atomic E-state index is 13.0. The number of fused-ring (bicyclic) bond motifs is 2. The van der Waals surface area contributed by atoms with Gasteiger partial charge in [0, 0.05) is 74.8 Å². The highest BCUT2D eigenvalue weighted by Crippen LogP contribution is 2.28. The fourth-order valence-corrected chi connectivity index (χ4v) is 8.15. The quantitative estimate of drug-likeness (QED) is 0.189. The number of imidazole rings is 2. The Labute approximate surface area is 353 Å². The van der Waals surface area contributed by atoms with Gasteiger partial charge in [-0.15, -0.1) is 0 Å². The number of amides is 1. The summed E-state index contributed by atoms with van der Waals surface area (Å²) in [7, 11) is 3.49. The Morgan fingerprint density at radius 3 is 1.71 bits per heavy atom. The van der Waals surface area contributed by atoms with Crippen LogP contribution in [0.2, 0.25) is 10.0 Å². The summed E-state index contributed by atoms with van der Waals surface area (Å²) in [5, 5.41) is 4.30.